The molecule has 2 N–H and O–H groups in total. The molecular formula is C13H16BrN3O2S2. The Kier molecular flexibility index (Phi) is 5.37. The molecule has 0 saturated heterocycles. The van der Waals surface area contributed by atoms with E-state index in [0.29, 0.717) is 18.4 Å². The van der Waals surface area contributed by atoms with Gasteiger partial charge in [-0.15, -0.1) is 11.3 Å². The summed E-state index contributed by atoms with van der Waals surface area (Å²) in [7, 11) is -3.59. The molecule has 0 unspecified atom stereocenters. The lowest BCUT2D eigenvalue weighted by Crippen LogP contribution is -2.21. The number of rotatable bonds is 6. The summed E-state index contributed by atoms with van der Waals surface area (Å²) in [6.45, 7) is 4.76. The number of nitrogens with one attached hydrogen (secondary N) is 2. The number of sulfonamides is 1. The van der Waals surface area contributed by atoms with Crippen molar-refractivity contribution >= 4 is 43.1 Å². The van der Waals surface area contributed by atoms with Crippen LogP contribution in [0.4, 0.5) is 5.82 Å². The van der Waals surface area contributed by atoms with E-state index in [1.54, 1.807) is 29.8 Å². The highest BCUT2D eigenvalue weighted by Gasteiger charge is 2.17. The number of nitrogens with zero attached hydrogens (tertiary/aromatic N) is 1. The van der Waals surface area contributed by atoms with Gasteiger partial charge in [0, 0.05) is 33.5 Å². The Hall–Kier alpha value is -0.960. The zero-order chi connectivity index (χ0) is 15.5. The molecule has 0 spiro atoms. The Morgan fingerprint density at radius 3 is 2.76 bits per heavy atom. The third kappa shape index (κ3) is 4.77. The van der Waals surface area contributed by atoms with Gasteiger partial charge in [-0.3, -0.25) is 4.72 Å². The van der Waals surface area contributed by atoms with E-state index in [9.17, 15) is 8.42 Å². The van der Waals surface area contributed by atoms with Crippen LogP contribution in [-0.2, 0) is 16.6 Å². The quantitative estimate of drug-likeness (QED) is 0.795. The summed E-state index contributed by atoms with van der Waals surface area (Å²) in [5.41, 5.74) is 0. The third-order valence-corrected chi connectivity index (χ3v) is 5.48. The van der Waals surface area contributed by atoms with E-state index >= 15 is 0 Å². The second kappa shape index (κ2) is 6.87. The predicted molar refractivity (Wildman–Crippen MR) is 89.0 cm³/mol. The maximum Gasteiger partial charge on any atom is 0.263 e. The van der Waals surface area contributed by atoms with E-state index in [4.69, 9.17) is 0 Å². The van der Waals surface area contributed by atoms with Gasteiger partial charge in [0.1, 0.15) is 5.82 Å². The number of pyridine rings is 1. The van der Waals surface area contributed by atoms with Crippen LogP contribution in [0.1, 0.15) is 18.7 Å². The first-order chi connectivity index (χ1) is 9.87. The molecule has 2 heterocycles. The van der Waals surface area contributed by atoms with Crippen molar-refractivity contribution in [1.29, 1.82) is 0 Å². The minimum absolute atomic E-state index is 0.262. The van der Waals surface area contributed by atoms with Crippen LogP contribution in [0.2, 0.25) is 0 Å². The molecular weight excluding hydrogens is 374 g/mol. The number of thiophene rings is 1. The fraction of sp³-hybridized carbons (Fsp3) is 0.308. The molecule has 0 aromatic carbocycles. The van der Waals surface area contributed by atoms with Crippen LogP contribution in [0.5, 0.6) is 0 Å². The van der Waals surface area contributed by atoms with Crippen LogP contribution in [0.15, 0.2) is 39.1 Å². The minimum Gasteiger partial charge on any atom is -0.310 e. The maximum absolute atomic E-state index is 12.3. The first-order valence-electron chi connectivity index (χ1n) is 6.32. The van der Waals surface area contributed by atoms with Gasteiger partial charge in [-0.25, -0.2) is 13.4 Å². The number of anilines is 1. The average molecular weight is 390 g/mol. The Balaban J connectivity index is 2.10. The van der Waals surface area contributed by atoms with Gasteiger partial charge in [-0.05, 0) is 34.1 Å². The van der Waals surface area contributed by atoms with E-state index < -0.39 is 10.0 Å². The van der Waals surface area contributed by atoms with Gasteiger partial charge in [0.25, 0.3) is 10.0 Å². The molecule has 2 aromatic rings. The maximum atomic E-state index is 12.3. The molecule has 8 heteroatoms. The standard InChI is InChI=1S/C13H16BrN3O2S2/c1-9(2)15-7-11-5-12(8-20-11)21(18,19)17-13-4-3-10(14)6-16-13/h3-6,8-9,15H,7H2,1-2H3,(H,16,17). The van der Waals surface area contributed by atoms with Crippen LogP contribution in [0.25, 0.3) is 0 Å². The van der Waals surface area contributed by atoms with Crippen LogP contribution in [0.3, 0.4) is 0 Å². The Morgan fingerprint density at radius 1 is 1.38 bits per heavy atom. The molecule has 0 radical (unpaired) electrons. The second-order valence-corrected chi connectivity index (χ2v) is 8.35. The Bertz CT molecular complexity index is 696. The first-order valence-corrected chi connectivity index (χ1v) is 9.47. The zero-order valence-electron chi connectivity index (χ0n) is 11.6. The summed E-state index contributed by atoms with van der Waals surface area (Å²) in [5.74, 6) is 0.297. The van der Waals surface area contributed by atoms with Gasteiger partial charge in [0.15, 0.2) is 0 Å². The van der Waals surface area contributed by atoms with Crippen molar-refractivity contribution in [2.45, 2.75) is 31.3 Å². The van der Waals surface area contributed by atoms with Gasteiger partial charge in [0.2, 0.25) is 0 Å². The molecule has 0 saturated carbocycles. The fourth-order valence-electron chi connectivity index (χ4n) is 1.53. The van der Waals surface area contributed by atoms with E-state index in [1.165, 1.54) is 11.3 Å². The Morgan fingerprint density at radius 2 is 2.14 bits per heavy atom. The average Bonchev–Trinajstić information content (AvgIpc) is 2.88. The molecule has 0 atom stereocenters. The van der Waals surface area contributed by atoms with Crippen molar-refractivity contribution in [2.24, 2.45) is 0 Å². The SMILES string of the molecule is CC(C)NCc1cc(S(=O)(=O)Nc2ccc(Br)cn2)cs1. The highest BCUT2D eigenvalue weighted by atomic mass is 79.9. The number of hydrogen-bond acceptors (Lipinski definition) is 5. The van der Waals surface area contributed by atoms with Crippen LogP contribution >= 0.6 is 27.3 Å². The molecule has 0 bridgehead atoms. The topological polar surface area (TPSA) is 71.1 Å². The highest BCUT2D eigenvalue weighted by Crippen LogP contribution is 2.22. The van der Waals surface area contributed by atoms with E-state index in [1.807, 2.05) is 13.8 Å². The summed E-state index contributed by atoms with van der Waals surface area (Å²) in [6, 6.07) is 5.38. The molecule has 21 heavy (non-hydrogen) atoms. The molecule has 0 fully saturated rings. The largest absolute Gasteiger partial charge is 0.310 e. The van der Waals surface area contributed by atoms with Gasteiger partial charge in [-0.2, -0.15) is 0 Å². The molecule has 2 aromatic heterocycles. The van der Waals surface area contributed by atoms with Gasteiger partial charge in [-0.1, -0.05) is 13.8 Å². The van der Waals surface area contributed by atoms with Gasteiger partial charge in [0.05, 0.1) is 4.90 Å². The van der Waals surface area contributed by atoms with Crippen molar-refractivity contribution in [3.8, 4) is 0 Å². The number of aromatic nitrogens is 1. The fourth-order valence-corrected chi connectivity index (χ4v) is 4.00. The van der Waals surface area contributed by atoms with Crippen molar-refractivity contribution in [2.75, 3.05) is 4.72 Å². The first kappa shape index (κ1) is 16.4. The molecule has 0 aliphatic rings. The van der Waals surface area contributed by atoms with Crippen molar-refractivity contribution in [3.05, 3.63) is 39.1 Å². The minimum atomic E-state index is -3.59. The van der Waals surface area contributed by atoms with Crippen LogP contribution in [0, 0.1) is 0 Å². The summed E-state index contributed by atoms with van der Waals surface area (Å²) in [6.07, 6.45) is 1.55. The van der Waals surface area contributed by atoms with Gasteiger partial charge < -0.3 is 5.32 Å². The smallest absolute Gasteiger partial charge is 0.263 e. The van der Waals surface area contributed by atoms with E-state index in [2.05, 4.69) is 31.0 Å². The number of hydrogen-bond donors (Lipinski definition) is 2. The Labute approximate surface area is 137 Å². The number of halogens is 1. The summed E-state index contributed by atoms with van der Waals surface area (Å²) in [5, 5.41) is 4.90. The van der Waals surface area contributed by atoms with Crippen molar-refractivity contribution < 1.29 is 8.42 Å². The summed E-state index contributed by atoms with van der Waals surface area (Å²) >= 11 is 4.68. The lowest BCUT2D eigenvalue weighted by molar-refractivity contribution is 0.592. The van der Waals surface area contributed by atoms with Crippen molar-refractivity contribution in [3.63, 3.8) is 0 Å². The molecule has 0 aliphatic carbocycles. The molecule has 5 nitrogen and oxygen atoms in total. The van der Waals surface area contributed by atoms with Crippen molar-refractivity contribution in [1.82, 2.24) is 10.3 Å². The third-order valence-electron chi connectivity index (χ3n) is 2.59. The molecule has 2 rings (SSSR count). The molecule has 0 aliphatic heterocycles. The summed E-state index contributed by atoms with van der Waals surface area (Å²) in [4.78, 5) is 5.25. The molecule has 0 amide bonds. The lowest BCUT2D eigenvalue weighted by atomic mass is 10.4. The second-order valence-electron chi connectivity index (χ2n) is 4.75. The highest BCUT2D eigenvalue weighted by molar-refractivity contribution is 9.10. The molecule has 114 valence electrons. The van der Waals surface area contributed by atoms with Crippen LogP contribution in [-0.4, -0.2) is 19.4 Å². The zero-order valence-corrected chi connectivity index (χ0v) is 14.8. The van der Waals surface area contributed by atoms with Gasteiger partial charge >= 0.3 is 0 Å². The van der Waals surface area contributed by atoms with Crippen LogP contribution < -0.4 is 10.0 Å². The van der Waals surface area contributed by atoms with E-state index in [0.717, 1.165) is 9.35 Å². The monoisotopic (exact) mass is 389 g/mol. The predicted octanol–water partition coefficient (Wildman–Crippen LogP) is 3.20. The lowest BCUT2D eigenvalue weighted by Gasteiger charge is -2.06. The normalized spacial score (nSPS) is 11.8. The van der Waals surface area contributed by atoms with E-state index in [-0.39, 0.29) is 4.90 Å². The summed E-state index contributed by atoms with van der Waals surface area (Å²) < 4.78 is 27.8.